The van der Waals surface area contributed by atoms with Crippen molar-refractivity contribution in [1.82, 2.24) is 9.97 Å². The maximum Gasteiger partial charge on any atom is 0.274 e. The average molecular weight is 330 g/mol. The van der Waals surface area contributed by atoms with Crippen LogP contribution in [-0.2, 0) is 0 Å². The molecule has 126 valence electrons. The second-order valence-corrected chi connectivity index (χ2v) is 5.88. The molecule has 1 heterocycles. The molecule has 0 aliphatic heterocycles. The van der Waals surface area contributed by atoms with Crippen LogP contribution in [0.25, 0.3) is 0 Å². The molecule has 0 unspecified atom stereocenters. The van der Waals surface area contributed by atoms with E-state index in [1.165, 1.54) is 31.1 Å². The number of hydrogen-bond acceptors (Lipinski definition) is 5. The SMILES string of the molecule is O=C(Nc1c(F)cc(O)cc1NC1CCCCC1)c1ccncn1. The molecule has 24 heavy (non-hydrogen) atoms. The van der Waals surface area contributed by atoms with E-state index >= 15 is 0 Å². The van der Waals surface area contributed by atoms with Gasteiger partial charge in [-0.15, -0.1) is 0 Å². The third kappa shape index (κ3) is 3.79. The van der Waals surface area contributed by atoms with Gasteiger partial charge in [0, 0.05) is 24.4 Å². The Bertz CT molecular complexity index is 718. The largest absolute Gasteiger partial charge is 0.508 e. The molecular weight excluding hydrogens is 311 g/mol. The first-order chi connectivity index (χ1) is 11.6. The molecule has 1 aliphatic carbocycles. The standard InChI is InChI=1S/C17H19FN4O2/c18-13-8-12(23)9-15(21-11-4-2-1-3-5-11)16(13)22-17(24)14-6-7-19-10-20-14/h6-11,21,23H,1-5H2,(H,22,24). The van der Waals surface area contributed by atoms with Crippen LogP contribution in [0.15, 0.2) is 30.7 Å². The Balaban J connectivity index is 1.84. The lowest BCUT2D eigenvalue weighted by molar-refractivity contribution is 0.102. The van der Waals surface area contributed by atoms with Crippen LogP contribution in [0.5, 0.6) is 5.75 Å². The van der Waals surface area contributed by atoms with Gasteiger partial charge in [-0.2, -0.15) is 0 Å². The highest BCUT2D eigenvalue weighted by atomic mass is 19.1. The quantitative estimate of drug-likeness (QED) is 0.749. The summed E-state index contributed by atoms with van der Waals surface area (Å²) in [5.41, 5.74) is 0.532. The van der Waals surface area contributed by atoms with Crippen molar-refractivity contribution in [3.8, 4) is 5.75 Å². The molecule has 1 aromatic heterocycles. The van der Waals surface area contributed by atoms with Crippen LogP contribution in [-0.4, -0.2) is 27.0 Å². The minimum Gasteiger partial charge on any atom is -0.508 e. The van der Waals surface area contributed by atoms with Crippen molar-refractivity contribution in [2.24, 2.45) is 0 Å². The molecule has 1 amide bonds. The van der Waals surface area contributed by atoms with E-state index in [0.717, 1.165) is 31.7 Å². The molecule has 3 N–H and O–H groups in total. The third-order valence-corrected chi connectivity index (χ3v) is 4.09. The molecule has 1 saturated carbocycles. The maximum absolute atomic E-state index is 14.3. The Morgan fingerprint density at radius 1 is 1.25 bits per heavy atom. The average Bonchev–Trinajstić information content (AvgIpc) is 2.59. The summed E-state index contributed by atoms with van der Waals surface area (Å²) in [7, 11) is 0. The summed E-state index contributed by atoms with van der Waals surface area (Å²) in [5, 5.41) is 15.5. The first kappa shape index (κ1) is 16.2. The molecule has 0 bridgehead atoms. The molecule has 1 aliphatic rings. The van der Waals surface area contributed by atoms with Gasteiger partial charge in [-0.05, 0) is 18.9 Å². The van der Waals surface area contributed by atoms with E-state index < -0.39 is 11.7 Å². The Kier molecular flexibility index (Phi) is 4.88. The number of aromatic nitrogens is 2. The highest BCUT2D eigenvalue weighted by Gasteiger charge is 2.19. The molecule has 1 fully saturated rings. The van der Waals surface area contributed by atoms with Crippen LogP contribution in [0.1, 0.15) is 42.6 Å². The number of phenolic OH excluding ortho intramolecular Hbond substituents is 1. The van der Waals surface area contributed by atoms with Gasteiger partial charge in [-0.3, -0.25) is 4.79 Å². The normalized spacial score (nSPS) is 15.0. The summed E-state index contributed by atoms with van der Waals surface area (Å²) < 4.78 is 14.3. The highest BCUT2D eigenvalue weighted by Crippen LogP contribution is 2.33. The van der Waals surface area contributed by atoms with Crippen LogP contribution >= 0.6 is 0 Å². The predicted octanol–water partition coefficient (Wildman–Crippen LogP) is 3.32. The topological polar surface area (TPSA) is 87.1 Å². The van der Waals surface area contributed by atoms with Crippen LogP contribution in [0, 0.1) is 5.82 Å². The zero-order valence-electron chi connectivity index (χ0n) is 13.1. The molecule has 2 aromatic rings. The number of hydrogen-bond donors (Lipinski definition) is 3. The van der Waals surface area contributed by atoms with Gasteiger partial charge < -0.3 is 15.7 Å². The fourth-order valence-electron chi connectivity index (χ4n) is 2.90. The van der Waals surface area contributed by atoms with Crippen molar-refractivity contribution in [2.75, 3.05) is 10.6 Å². The molecule has 0 spiro atoms. The van der Waals surface area contributed by atoms with Crippen LogP contribution in [0.4, 0.5) is 15.8 Å². The van der Waals surface area contributed by atoms with Crippen molar-refractivity contribution in [3.63, 3.8) is 0 Å². The fourth-order valence-corrected chi connectivity index (χ4v) is 2.90. The number of halogens is 1. The molecule has 0 radical (unpaired) electrons. The monoisotopic (exact) mass is 330 g/mol. The van der Waals surface area contributed by atoms with Crippen molar-refractivity contribution < 1.29 is 14.3 Å². The van der Waals surface area contributed by atoms with Crippen LogP contribution in [0.3, 0.4) is 0 Å². The predicted molar refractivity (Wildman–Crippen MR) is 88.5 cm³/mol. The number of phenols is 1. The Hall–Kier alpha value is -2.70. The van der Waals surface area contributed by atoms with E-state index in [4.69, 9.17) is 0 Å². The molecule has 6 nitrogen and oxygen atoms in total. The number of rotatable bonds is 4. The number of aromatic hydroxyl groups is 1. The number of nitrogens with zero attached hydrogens (tertiary/aromatic N) is 2. The van der Waals surface area contributed by atoms with Crippen LogP contribution < -0.4 is 10.6 Å². The number of carbonyl (C=O) groups is 1. The Labute approximate surface area is 139 Å². The second-order valence-electron chi connectivity index (χ2n) is 5.88. The fraction of sp³-hybridized carbons (Fsp3) is 0.353. The zero-order valence-corrected chi connectivity index (χ0v) is 13.1. The van der Waals surface area contributed by atoms with Crippen molar-refractivity contribution in [3.05, 3.63) is 42.2 Å². The molecule has 1 aromatic carbocycles. The summed E-state index contributed by atoms with van der Waals surface area (Å²) in [6, 6.07) is 4.05. The van der Waals surface area contributed by atoms with Gasteiger partial charge in [0.1, 0.15) is 23.5 Å². The molecular formula is C17H19FN4O2. The number of amides is 1. The third-order valence-electron chi connectivity index (χ3n) is 4.09. The van der Waals surface area contributed by atoms with Gasteiger partial charge in [-0.25, -0.2) is 14.4 Å². The van der Waals surface area contributed by atoms with Crippen LogP contribution in [0.2, 0.25) is 0 Å². The summed E-state index contributed by atoms with van der Waals surface area (Å²) in [6.45, 7) is 0. The minimum absolute atomic E-state index is 0.0157. The lowest BCUT2D eigenvalue weighted by Crippen LogP contribution is -2.24. The van der Waals surface area contributed by atoms with Gasteiger partial charge in [0.05, 0.1) is 5.69 Å². The van der Waals surface area contributed by atoms with Gasteiger partial charge in [0.25, 0.3) is 5.91 Å². The summed E-state index contributed by atoms with van der Waals surface area (Å²) in [5.74, 6) is -1.42. The van der Waals surface area contributed by atoms with Gasteiger partial charge >= 0.3 is 0 Å². The molecule has 0 atom stereocenters. The second kappa shape index (κ2) is 7.25. The van der Waals surface area contributed by atoms with Crippen molar-refractivity contribution in [2.45, 2.75) is 38.1 Å². The lowest BCUT2D eigenvalue weighted by Gasteiger charge is -2.25. The number of nitrogens with one attached hydrogen (secondary N) is 2. The maximum atomic E-state index is 14.3. The van der Waals surface area contributed by atoms with E-state index in [1.807, 2.05) is 0 Å². The Morgan fingerprint density at radius 2 is 2.04 bits per heavy atom. The van der Waals surface area contributed by atoms with E-state index in [2.05, 4.69) is 20.6 Å². The summed E-state index contributed by atoms with van der Waals surface area (Å²) in [4.78, 5) is 19.8. The summed E-state index contributed by atoms with van der Waals surface area (Å²) in [6.07, 6.45) is 8.08. The summed E-state index contributed by atoms with van der Waals surface area (Å²) >= 11 is 0. The van der Waals surface area contributed by atoms with E-state index in [1.54, 1.807) is 0 Å². The smallest absolute Gasteiger partial charge is 0.274 e. The van der Waals surface area contributed by atoms with Gasteiger partial charge in [0.2, 0.25) is 0 Å². The number of carbonyl (C=O) groups excluding carboxylic acids is 1. The minimum atomic E-state index is -0.698. The van der Waals surface area contributed by atoms with E-state index in [0.29, 0.717) is 5.69 Å². The van der Waals surface area contributed by atoms with E-state index in [9.17, 15) is 14.3 Å². The van der Waals surface area contributed by atoms with Gasteiger partial charge in [0.15, 0.2) is 5.82 Å². The lowest BCUT2D eigenvalue weighted by atomic mass is 9.95. The van der Waals surface area contributed by atoms with Crippen molar-refractivity contribution >= 4 is 17.3 Å². The van der Waals surface area contributed by atoms with Crippen molar-refractivity contribution in [1.29, 1.82) is 0 Å². The molecule has 7 heteroatoms. The number of anilines is 2. The molecule has 0 saturated heterocycles. The first-order valence-electron chi connectivity index (χ1n) is 8.00. The highest BCUT2D eigenvalue weighted by molar-refractivity contribution is 6.04. The molecule has 3 rings (SSSR count). The van der Waals surface area contributed by atoms with Gasteiger partial charge in [-0.1, -0.05) is 19.3 Å². The Morgan fingerprint density at radius 3 is 2.75 bits per heavy atom. The first-order valence-corrected chi connectivity index (χ1v) is 8.00. The van der Waals surface area contributed by atoms with E-state index in [-0.39, 0.29) is 23.2 Å². The zero-order chi connectivity index (χ0) is 16.9. The number of benzene rings is 1.